The van der Waals surface area contributed by atoms with Crippen LogP contribution in [0.4, 0.5) is 0 Å². The van der Waals surface area contributed by atoms with E-state index in [-0.39, 0.29) is 17.7 Å². The summed E-state index contributed by atoms with van der Waals surface area (Å²) in [5, 5.41) is 15.6. The first-order valence-electron chi connectivity index (χ1n) is 8.49. The van der Waals surface area contributed by atoms with Crippen LogP contribution in [0.25, 0.3) is 0 Å². The molecule has 0 aromatic carbocycles. The molecule has 25 heavy (non-hydrogen) atoms. The van der Waals surface area contributed by atoms with Gasteiger partial charge in [-0.25, -0.2) is 0 Å². The molecule has 1 saturated heterocycles. The minimum absolute atomic E-state index is 0.0770. The number of nitrogens with zero attached hydrogens (tertiary/aromatic N) is 1. The van der Waals surface area contributed by atoms with Crippen LogP contribution in [0.5, 0.6) is 5.75 Å². The number of nitrogens with one attached hydrogen (secondary N) is 1. The predicted molar refractivity (Wildman–Crippen MR) is 95.4 cm³/mol. The van der Waals surface area contributed by atoms with Gasteiger partial charge in [0.2, 0.25) is 11.8 Å². The number of rotatable bonds is 3. The van der Waals surface area contributed by atoms with Crippen LogP contribution in [-0.2, 0) is 9.59 Å². The van der Waals surface area contributed by atoms with Crippen LogP contribution in [0.2, 0.25) is 0 Å². The molecule has 7 heteroatoms. The number of thiophene rings is 1. The van der Waals surface area contributed by atoms with E-state index in [1.54, 1.807) is 4.90 Å². The molecule has 1 aromatic rings. The number of amides is 2. The number of piperidine rings is 1. The summed E-state index contributed by atoms with van der Waals surface area (Å²) in [7, 11) is 0. The molecule has 2 amide bonds. The van der Waals surface area contributed by atoms with Gasteiger partial charge in [0.25, 0.3) is 0 Å². The number of likely N-dealkylation sites (tertiary alicyclic amines) is 1. The molecule has 2 aliphatic heterocycles. The molecule has 0 aliphatic carbocycles. The van der Waals surface area contributed by atoms with Gasteiger partial charge in [-0.15, -0.1) is 11.3 Å². The highest BCUT2D eigenvalue weighted by molar-refractivity contribution is 7.10. The van der Waals surface area contributed by atoms with Crippen molar-refractivity contribution in [3.05, 3.63) is 29.0 Å². The summed E-state index contributed by atoms with van der Waals surface area (Å²) in [4.78, 5) is 26.9. The van der Waals surface area contributed by atoms with Gasteiger partial charge in [-0.3, -0.25) is 9.59 Å². The Morgan fingerprint density at radius 2 is 2.12 bits per heavy atom. The van der Waals surface area contributed by atoms with Gasteiger partial charge in [-0.2, -0.15) is 0 Å². The minimum Gasteiger partial charge on any atom is -0.484 e. The molecule has 6 nitrogen and oxygen atoms in total. The average Bonchev–Trinajstić information content (AvgIpc) is 3.05. The summed E-state index contributed by atoms with van der Waals surface area (Å²) in [6.45, 7) is 8.23. The van der Waals surface area contributed by atoms with Crippen molar-refractivity contribution < 1.29 is 19.4 Å². The number of fused-ring (bicyclic) bond motifs is 1. The first kappa shape index (κ1) is 17.9. The van der Waals surface area contributed by atoms with E-state index in [0.29, 0.717) is 25.9 Å². The molecular formula is C18H24N2O4S. The van der Waals surface area contributed by atoms with Crippen LogP contribution >= 0.6 is 11.3 Å². The van der Waals surface area contributed by atoms with E-state index in [0.717, 1.165) is 10.6 Å². The lowest BCUT2D eigenvalue weighted by Gasteiger charge is -2.41. The van der Waals surface area contributed by atoms with Crippen LogP contribution < -0.4 is 10.1 Å². The Kier molecular flexibility index (Phi) is 4.88. The topological polar surface area (TPSA) is 78.9 Å². The molecule has 1 fully saturated rings. The summed E-state index contributed by atoms with van der Waals surface area (Å²) in [6, 6.07) is 1.39. The Bertz CT molecular complexity index is 676. The summed E-state index contributed by atoms with van der Waals surface area (Å²) in [5.74, 6) is 0.392. The fraction of sp³-hybridized carbons (Fsp3) is 0.556. The SMILES string of the molecule is C=CC(=O)N1CCC(C(=O)N[C@@H]2c3sccc3OC(C)(C)[C@H]2O)CC1. The van der Waals surface area contributed by atoms with Crippen LogP contribution in [0.15, 0.2) is 24.1 Å². The second kappa shape index (κ2) is 6.80. The molecule has 0 radical (unpaired) electrons. The Hall–Kier alpha value is -1.86. The molecule has 0 saturated carbocycles. The lowest BCUT2D eigenvalue weighted by Crippen LogP contribution is -2.54. The Balaban J connectivity index is 1.67. The van der Waals surface area contributed by atoms with Gasteiger partial charge in [0.05, 0.1) is 10.9 Å². The van der Waals surface area contributed by atoms with Crippen molar-refractivity contribution in [1.82, 2.24) is 10.2 Å². The largest absolute Gasteiger partial charge is 0.484 e. The van der Waals surface area contributed by atoms with Gasteiger partial charge in [0.1, 0.15) is 17.5 Å². The van der Waals surface area contributed by atoms with Gasteiger partial charge >= 0.3 is 0 Å². The van der Waals surface area contributed by atoms with Crippen LogP contribution in [0.3, 0.4) is 0 Å². The second-order valence-electron chi connectivity index (χ2n) is 7.09. The first-order chi connectivity index (χ1) is 11.8. The zero-order chi connectivity index (χ0) is 18.2. The molecule has 0 bridgehead atoms. The van der Waals surface area contributed by atoms with Gasteiger partial charge in [-0.05, 0) is 44.2 Å². The van der Waals surface area contributed by atoms with Crippen molar-refractivity contribution in [3.63, 3.8) is 0 Å². The summed E-state index contributed by atoms with van der Waals surface area (Å²) >= 11 is 1.47. The lowest BCUT2D eigenvalue weighted by atomic mass is 9.89. The average molecular weight is 364 g/mol. The van der Waals surface area contributed by atoms with E-state index in [1.165, 1.54) is 17.4 Å². The molecule has 3 rings (SSSR count). The molecular weight excluding hydrogens is 340 g/mol. The van der Waals surface area contributed by atoms with Gasteiger partial charge < -0.3 is 20.1 Å². The van der Waals surface area contributed by atoms with Crippen molar-refractivity contribution in [1.29, 1.82) is 0 Å². The zero-order valence-corrected chi connectivity index (χ0v) is 15.3. The number of ether oxygens (including phenoxy) is 1. The number of carbonyl (C=O) groups excluding carboxylic acids is 2. The Labute approximate surface area is 151 Å². The highest BCUT2D eigenvalue weighted by Gasteiger charge is 2.45. The minimum atomic E-state index is -0.829. The lowest BCUT2D eigenvalue weighted by molar-refractivity contribution is -0.134. The molecule has 1 aromatic heterocycles. The zero-order valence-electron chi connectivity index (χ0n) is 14.5. The quantitative estimate of drug-likeness (QED) is 0.803. The highest BCUT2D eigenvalue weighted by Crippen LogP contribution is 2.43. The molecule has 3 heterocycles. The van der Waals surface area contributed by atoms with Gasteiger partial charge in [0, 0.05) is 19.0 Å². The van der Waals surface area contributed by atoms with Crippen LogP contribution in [0, 0.1) is 5.92 Å². The molecule has 136 valence electrons. The third-order valence-electron chi connectivity index (χ3n) is 4.99. The predicted octanol–water partition coefficient (Wildman–Crippen LogP) is 1.86. The number of aliphatic hydroxyl groups is 1. The van der Waals surface area contributed by atoms with Crippen LogP contribution in [0.1, 0.15) is 37.6 Å². The number of hydrogen-bond acceptors (Lipinski definition) is 5. The molecule has 0 unspecified atom stereocenters. The summed E-state index contributed by atoms with van der Waals surface area (Å²) in [5.41, 5.74) is -0.772. The Morgan fingerprint density at radius 1 is 1.44 bits per heavy atom. The third-order valence-corrected chi connectivity index (χ3v) is 5.97. The fourth-order valence-electron chi connectivity index (χ4n) is 3.42. The van der Waals surface area contributed by atoms with Crippen molar-refractivity contribution in [2.24, 2.45) is 5.92 Å². The fourth-order valence-corrected chi connectivity index (χ4v) is 4.31. The van der Waals surface area contributed by atoms with Crippen molar-refractivity contribution in [2.75, 3.05) is 13.1 Å². The maximum absolute atomic E-state index is 12.7. The molecule has 2 atom stereocenters. The standard InChI is InChI=1S/C18H24N2O4S/c1-4-13(21)20-8-5-11(6-9-20)17(23)19-14-15-12(7-10-25-15)24-18(2,3)16(14)22/h4,7,10-11,14,16,22H,1,5-6,8-9H2,2-3H3,(H,19,23)/t14-,16+/m1/s1. The van der Waals surface area contributed by atoms with Gasteiger partial charge in [0.15, 0.2) is 0 Å². The van der Waals surface area contributed by atoms with E-state index >= 15 is 0 Å². The maximum atomic E-state index is 12.7. The first-order valence-corrected chi connectivity index (χ1v) is 9.37. The number of hydrogen-bond donors (Lipinski definition) is 2. The number of aliphatic hydroxyl groups excluding tert-OH is 1. The highest BCUT2D eigenvalue weighted by atomic mass is 32.1. The Morgan fingerprint density at radius 3 is 2.76 bits per heavy atom. The molecule has 0 spiro atoms. The molecule has 2 aliphatic rings. The van der Waals surface area contributed by atoms with Crippen molar-refractivity contribution in [3.8, 4) is 5.75 Å². The van der Waals surface area contributed by atoms with Crippen LogP contribution in [-0.4, -0.2) is 46.6 Å². The van der Waals surface area contributed by atoms with Crippen molar-refractivity contribution >= 4 is 23.2 Å². The normalized spacial score (nSPS) is 25.6. The summed E-state index contributed by atoms with van der Waals surface area (Å²) in [6.07, 6.45) is 1.71. The van der Waals surface area contributed by atoms with E-state index < -0.39 is 17.7 Å². The monoisotopic (exact) mass is 364 g/mol. The molecule has 2 N–H and O–H groups in total. The summed E-state index contributed by atoms with van der Waals surface area (Å²) < 4.78 is 5.84. The van der Waals surface area contributed by atoms with Gasteiger partial charge in [-0.1, -0.05) is 6.58 Å². The van der Waals surface area contributed by atoms with E-state index in [1.807, 2.05) is 25.3 Å². The maximum Gasteiger partial charge on any atom is 0.245 e. The van der Waals surface area contributed by atoms with E-state index in [9.17, 15) is 14.7 Å². The number of carbonyl (C=O) groups is 2. The van der Waals surface area contributed by atoms with E-state index in [4.69, 9.17) is 4.74 Å². The van der Waals surface area contributed by atoms with E-state index in [2.05, 4.69) is 11.9 Å². The second-order valence-corrected chi connectivity index (χ2v) is 8.04. The van der Waals surface area contributed by atoms with Crippen molar-refractivity contribution in [2.45, 2.75) is 44.4 Å². The smallest absolute Gasteiger partial charge is 0.245 e. The third kappa shape index (κ3) is 3.43.